The molecule has 8 heteroatoms. The molecule has 19 heavy (non-hydrogen) atoms. The van der Waals surface area contributed by atoms with E-state index < -0.39 is 10.7 Å². The molecule has 0 radical (unpaired) electrons. The van der Waals surface area contributed by atoms with E-state index in [0.717, 1.165) is 6.07 Å². The van der Waals surface area contributed by atoms with Crippen molar-refractivity contribution in [2.24, 2.45) is 0 Å². The van der Waals surface area contributed by atoms with Crippen molar-refractivity contribution in [2.75, 3.05) is 5.73 Å². The molecule has 0 saturated carbocycles. The topological polar surface area (TPSA) is 94.9 Å². The number of nitro groups is 1. The van der Waals surface area contributed by atoms with E-state index in [1.165, 1.54) is 19.1 Å². The van der Waals surface area contributed by atoms with Gasteiger partial charge in [0.1, 0.15) is 11.5 Å². The van der Waals surface area contributed by atoms with Crippen LogP contribution in [0.4, 0.5) is 16.0 Å². The third-order valence-corrected chi connectivity index (χ3v) is 2.68. The van der Waals surface area contributed by atoms with Gasteiger partial charge in [0.2, 0.25) is 5.95 Å². The Kier molecular flexibility index (Phi) is 3.30. The molecule has 0 saturated heterocycles. The van der Waals surface area contributed by atoms with Gasteiger partial charge in [-0.1, -0.05) is 11.6 Å². The molecule has 1 aromatic carbocycles. The Bertz CT molecular complexity index is 678. The zero-order chi connectivity index (χ0) is 14.2. The SMILES string of the molecule is Cc1nc(N)nc(-c2ccc(Cl)cc2F)c1[N+](=O)[O-]. The van der Waals surface area contributed by atoms with Crippen molar-refractivity contribution >= 4 is 23.2 Å². The monoisotopic (exact) mass is 282 g/mol. The molecule has 0 aliphatic carbocycles. The molecular formula is C11H8ClFN4O2. The summed E-state index contributed by atoms with van der Waals surface area (Å²) >= 11 is 5.64. The number of anilines is 1. The van der Waals surface area contributed by atoms with E-state index in [2.05, 4.69) is 9.97 Å². The zero-order valence-electron chi connectivity index (χ0n) is 9.72. The highest BCUT2D eigenvalue weighted by molar-refractivity contribution is 6.30. The third kappa shape index (κ3) is 2.45. The fourth-order valence-corrected chi connectivity index (χ4v) is 1.84. The first-order valence-electron chi connectivity index (χ1n) is 5.14. The molecule has 0 spiro atoms. The van der Waals surface area contributed by atoms with Crippen LogP contribution in [0.1, 0.15) is 5.69 Å². The van der Waals surface area contributed by atoms with Gasteiger partial charge in [0.05, 0.1) is 4.92 Å². The predicted molar refractivity (Wildman–Crippen MR) is 68.2 cm³/mol. The Morgan fingerprint density at radius 3 is 2.68 bits per heavy atom. The lowest BCUT2D eigenvalue weighted by molar-refractivity contribution is -0.385. The van der Waals surface area contributed by atoms with Crippen molar-refractivity contribution in [1.82, 2.24) is 9.97 Å². The maximum atomic E-state index is 13.8. The van der Waals surface area contributed by atoms with Gasteiger partial charge in [0.25, 0.3) is 0 Å². The highest BCUT2D eigenvalue weighted by atomic mass is 35.5. The molecule has 2 rings (SSSR count). The minimum Gasteiger partial charge on any atom is -0.368 e. The molecular weight excluding hydrogens is 275 g/mol. The quantitative estimate of drug-likeness (QED) is 0.675. The standard InChI is InChI=1S/C11H8ClFN4O2/c1-5-10(17(18)19)9(16-11(14)15-5)7-3-2-6(12)4-8(7)13/h2-4H,1H3,(H2,14,15,16). The highest BCUT2D eigenvalue weighted by Crippen LogP contribution is 2.33. The van der Waals surface area contributed by atoms with Crippen LogP contribution < -0.4 is 5.73 Å². The molecule has 0 fully saturated rings. The summed E-state index contributed by atoms with van der Waals surface area (Å²) in [5, 5.41) is 11.2. The van der Waals surface area contributed by atoms with Gasteiger partial charge in [-0.15, -0.1) is 0 Å². The maximum Gasteiger partial charge on any atom is 0.316 e. The van der Waals surface area contributed by atoms with Gasteiger partial charge in [0.15, 0.2) is 5.69 Å². The number of nitrogens with two attached hydrogens (primary N) is 1. The highest BCUT2D eigenvalue weighted by Gasteiger charge is 2.24. The normalized spacial score (nSPS) is 10.5. The Morgan fingerprint density at radius 2 is 2.11 bits per heavy atom. The summed E-state index contributed by atoms with van der Waals surface area (Å²) in [6.07, 6.45) is 0. The van der Waals surface area contributed by atoms with Crippen molar-refractivity contribution in [2.45, 2.75) is 6.92 Å². The number of hydrogen-bond donors (Lipinski definition) is 1. The molecule has 1 heterocycles. The lowest BCUT2D eigenvalue weighted by Crippen LogP contribution is -2.05. The molecule has 0 bridgehead atoms. The number of nitrogen functional groups attached to an aromatic ring is 1. The molecule has 2 aromatic rings. The van der Waals surface area contributed by atoms with Crippen molar-refractivity contribution in [3.05, 3.63) is 44.8 Å². The summed E-state index contributed by atoms with van der Waals surface area (Å²) in [6, 6.07) is 3.78. The number of benzene rings is 1. The van der Waals surface area contributed by atoms with E-state index in [9.17, 15) is 14.5 Å². The van der Waals surface area contributed by atoms with Crippen LogP contribution in [-0.4, -0.2) is 14.9 Å². The molecule has 6 nitrogen and oxygen atoms in total. The first-order chi connectivity index (χ1) is 8.90. The van der Waals surface area contributed by atoms with E-state index in [1.807, 2.05) is 0 Å². The van der Waals surface area contributed by atoms with E-state index in [4.69, 9.17) is 17.3 Å². The third-order valence-electron chi connectivity index (χ3n) is 2.44. The Hall–Kier alpha value is -2.28. The predicted octanol–water partition coefficient (Wildman–Crippen LogP) is 2.73. The van der Waals surface area contributed by atoms with Crippen molar-refractivity contribution in [3.8, 4) is 11.3 Å². The average Bonchev–Trinajstić information content (AvgIpc) is 2.26. The first-order valence-corrected chi connectivity index (χ1v) is 5.52. The fraction of sp³-hybridized carbons (Fsp3) is 0.0909. The van der Waals surface area contributed by atoms with E-state index in [1.54, 1.807) is 0 Å². The van der Waals surface area contributed by atoms with Gasteiger partial charge in [-0.3, -0.25) is 10.1 Å². The summed E-state index contributed by atoms with van der Waals surface area (Å²) in [6.45, 7) is 1.41. The van der Waals surface area contributed by atoms with Crippen LogP contribution in [0.25, 0.3) is 11.3 Å². The van der Waals surface area contributed by atoms with E-state index in [-0.39, 0.29) is 33.6 Å². The molecule has 0 atom stereocenters. The maximum absolute atomic E-state index is 13.8. The second kappa shape index (κ2) is 4.77. The number of nitrogens with zero attached hydrogens (tertiary/aromatic N) is 3. The van der Waals surface area contributed by atoms with Crippen LogP contribution >= 0.6 is 11.6 Å². The Morgan fingerprint density at radius 1 is 1.42 bits per heavy atom. The first kappa shape index (κ1) is 13.2. The van der Waals surface area contributed by atoms with E-state index >= 15 is 0 Å². The minimum atomic E-state index is -0.715. The number of aryl methyl sites for hydroxylation is 1. The van der Waals surface area contributed by atoms with Gasteiger partial charge < -0.3 is 5.73 Å². The smallest absolute Gasteiger partial charge is 0.316 e. The summed E-state index contributed by atoms with van der Waals surface area (Å²) in [4.78, 5) is 17.8. The number of rotatable bonds is 2. The second-order valence-corrected chi connectivity index (χ2v) is 4.18. The number of aromatic nitrogens is 2. The molecule has 0 amide bonds. The largest absolute Gasteiger partial charge is 0.368 e. The average molecular weight is 283 g/mol. The molecule has 2 N–H and O–H groups in total. The van der Waals surface area contributed by atoms with Crippen LogP contribution in [-0.2, 0) is 0 Å². The molecule has 0 aliphatic rings. The van der Waals surface area contributed by atoms with Crippen LogP contribution in [0.3, 0.4) is 0 Å². The fourth-order valence-electron chi connectivity index (χ4n) is 1.68. The number of halogens is 2. The zero-order valence-corrected chi connectivity index (χ0v) is 10.5. The summed E-state index contributed by atoms with van der Waals surface area (Å²) in [5.41, 5.74) is 4.93. The van der Waals surface area contributed by atoms with Gasteiger partial charge in [-0.05, 0) is 25.1 Å². The Balaban J connectivity index is 2.77. The lowest BCUT2D eigenvalue weighted by atomic mass is 10.1. The second-order valence-electron chi connectivity index (χ2n) is 3.75. The summed E-state index contributed by atoms with van der Waals surface area (Å²) in [7, 11) is 0. The van der Waals surface area contributed by atoms with Crippen LogP contribution in [0, 0.1) is 22.9 Å². The summed E-state index contributed by atoms with van der Waals surface area (Å²) in [5.74, 6) is -0.874. The summed E-state index contributed by atoms with van der Waals surface area (Å²) < 4.78 is 13.8. The molecule has 98 valence electrons. The van der Waals surface area contributed by atoms with Crippen molar-refractivity contribution in [3.63, 3.8) is 0 Å². The van der Waals surface area contributed by atoms with Gasteiger partial charge in [-0.2, -0.15) is 0 Å². The lowest BCUT2D eigenvalue weighted by Gasteiger charge is -2.06. The van der Waals surface area contributed by atoms with Crippen molar-refractivity contribution in [1.29, 1.82) is 0 Å². The number of hydrogen-bond acceptors (Lipinski definition) is 5. The van der Waals surface area contributed by atoms with Gasteiger partial charge in [-0.25, -0.2) is 14.4 Å². The van der Waals surface area contributed by atoms with Gasteiger partial charge >= 0.3 is 5.69 Å². The van der Waals surface area contributed by atoms with Gasteiger partial charge in [0, 0.05) is 10.6 Å². The van der Waals surface area contributed by atoms with E-state index in [0.29, 0.717) is 0 Å². The molecule has 0 aliphatic heterocycles. The van der Waals surface area contributed by atoms with Crippen LogP contribution in [0.2, 0.25) is 5.02 Å². The Labute approximate surface area is 112 Å². The van der Waals surface area contributed by atoms with Crippen molar-refractivity contribution < 1.29 is 9.31 Å². The van der Waals surface area contributed by atoms with Crippen LogP contribution in [0.5, 0.6) is 0 Å². The molecule has 1 aromatic heterocycles. The van der Waals surface area contributed by atoms with Crippen LogP contribution in [0.15, 0.2) is 18.2 Å². The molecule has 0 unspecified atom stereocenters. The minimum absolute atomic E-state index is 0.0479.